The van der Waals surface area contributed by atoms with Gasteiger partial charge in [0.25, 0.3) is 0 Å². The monoisotopic (exact) mass is 254 g/mol. The third-order valence-electron chi connectivity index (χ3n) is 2.42. The number of carbonyl (C=O) groups excluding carboxylic acids is 1. The lowest BCUT2D eigenvalue weighted by Gasteiger charge is -2.13. The molecule has 0 radical (unpaired) electrons. The van der Waals surface area contributed by atoms with E-state index in [9.17, 15) is 4.79 Å². The van der Waals surface area contributed by atoms with E-state index >= 15 is 0 Å². The molecule has 1 heterocycles. The highest BCUT2D eigenvalue weighted by atomic mass is 79.9. The maximum atomic E-state index is 11.1. The van der Waals surface area contributed by atoms with Gasteiger partial charge < -0.3 is 11.1 Å². The number of nitrogen functional groups attached to an aromatic ring is 1. The zero-order valence-corrected chi connectivity index (χ0v) is 9.17. The molecular formula is C10H11BrN2O. The van der Waals surface area contributed by atoms with Crippen LogP contribution in [-0.4, -0.2) is 5.91 Å². The summed E-state index contributed by atoms with van der Waals surface area (Å²) in [6.07, 6.45) is 1.43. The molecule has 4 heteroatoms. The van der Waals surface area contributed by atoms with E-state index in [2.05, 4.69) is 21.2 Å². The molecule has 3 nitrogen and oxygen atoms in total. The molecule has 1 fully saturated rings. The number of nitrogens with two attached hydrogens (primary N) is 1. The number of hydrogen-bond donors (Lipinski definition) is 2. The number of halogens is 1. The number of rotatable bonds is 1. The Labute approximate surface area is 90.8 Å². The van der Waals surface area contributed by atoms with E-state index in [1.807, 2.05) is 18.2 Å². The molecule has 3 N–H and O–H groups in total. The fourth-order valence-corrected chi connectivity index (χ4v) is 2.07. The molecule has 0 spiro atoms. The normalized spacial score (nSPS) is 20.9. The summed E-state index contributed by atoms with van der Waals surface area (Å²) < 4.78 is 0.989. The predicted octanol–water partition coefficient (Wildman–Crippen LogP) is 1.98. The van der Waals surface area contributed by atoms with Crippen LogP contribution in [0.15, 0.2) is 22.7 Å². The molecule has 1 aliphatic heterocycles. The van der Waals surface area contributed by atoms with Crippen molar-refractivity contribution in [2.45, 2.75) is 18.9 Å². The fourth-order valence-electron chi connectivity index (χ4n) is 1.69. The van der Waals surface area contributed by atoms with Crippen LogP contribution in [0.4, 0.5) is 5.69 Å². The summed E-state index contributed by atoms with van der Waals surface area (Å²) >= 11 is 3.39. The van der Waals surface area contributed by atoms with Gasteiger partial charge in [0.2, 0.25) is 5.91 Å². The highest BCUT2D eigenvalue weighted by molar-refractivity contribution is 9.10. The number of nitrogens with one attached hydrogen (secondary N) is 1. The maximum Gasteiger partial charge on any atom is 0.220 e. The minimum Gasteiger partial charge on any atom is -0.398 e. The van der Waals surface area contributed by atoms with Gasteiger partial charge in [-0.05, 0) is 30.2 Å². The van der Waals surface area contributed by atoms with Crippen molar-refractivity contribution in [3.8, 4) is 0 Å². The summed E-state index contributed by atoms with van der Waals surface area (Å²) in [6, 6.07) is 5.80. The van der Waals surface area contributed by atoms with Gasteiger partial charge in [0.1, 0.15) is 0 Å². The van der Waals surface area contributed by atoms with Gasteiger partial charge in [-0.1, -0.05) is 15.9 Å². The summed E-state index contributed by atoms with van der Waals surface area (Å²) in [5.74, 6) is 0.106. The lowest BCUT2D eigenvalue weighted by molar-refractivity contribution is -0.119. The van der Waals surface area contributed by atoms with Crippen molar-refractivity contribution < 1.29 is 4.79 Å². The summed E-state index contributed by atoms with van der Waals surface area (Å²) in [5, 5.41) is 2.90. The number of anilines is 1. The molecule has 1 amide bonds. The number of carbonyl (C=O) groups is 1. The van der Waals surface area contributed by atoms with Crippen LogP contribution in [-0.2, 0) is 4.79 Å². The van der Waals surface area contributed by atoms with E-state index in [0.29, 0.717) is 6.42 Å². The molecule has 74 valence electrons. The molecule has 1 aromatic rings. The second kappa shape index (κ2) is 3.61. The first-order valence-electron chi connectivity index (χ1n) is 4.51. The third-order valence-corrected chi connectivity index (χ3v) is 2.91. The quantitative estimate of drug-likeness (QED) is 0.754. The standard InChI is InChI=1S/C10H11BrN2O/c11-6-1-2-8(12)7(5-6)9-3-4-10(14)13-9/h1-2,5,9H,3-4,12H2,(H,13,14). The Balaban J connectivity index is 2.31. The van der Waals surface area contributed by atoms with E-state index < -0.39 is 0 Å². The summed E-state index contributed by atoms with van der Waals surface area (Å²) in [6.45, 7) is 0. The van der Waals surface area contributed by atoms with E-state index in [-0.39, 0.29) is 11.9 Å². The van der Waals surface area contributed by atoms with Crippen molar-refractivity contribution in [3.05, 3.63) is 28.2 Å². The summed E-state index contributed by atoms with van der Waals surface area (Å²) in [4.78, 5) is 11.1. The van der Waals surface area contributed by atoms with Gasteiger partial charge in [-0.25, -0.2) is 0 Å². The topological polar surface area (TPSA) is 55.1 Å². The fraction of sp³-hybridized carbons (Fsp3) is 0.300. The van der Waals surface area contributed by atoms with Crippen LogP contribution in [0.1, 0.15) is 24.4 Å². The van der Waals surface area contributed by atoms with Gasteiger partial charge in [0, 0.05) is 16.6 Å². The molecule has 0 bridgehead atoms. The van der Waals surface area contributed by atoms with Crippen molar-refractivity contribution in [2.24, 2.45) is 0 Å². The van der Waals surface area contributed by atoms with E-state index in [1.54, 1.807) is 0 Å². The van der Waals surface area contributed by atoms with Gasteiger partial charge in [0.05, 0.1) is 6.04 Å². The predicted molar refractivity (Wildman–Crippen MR) is 58.7 cm³/mol. The first-order valence-corrected chi connectivity index (χ1v) is 5.30. The Kier molecular flexibility index (Phi) is 2.46. The Hall–Kier alpha value is -1.03. The van der Waals surface area contributed by atoms with Crippen LogP contribution in [0.25, 0.3) is 0 Å². The van der Waals surface area contributed by atoms with Crippen LogP contribution in [0.2, 0.25) is 0 Å². The first-order chi connectivity index (χ1) is 6.66. The van der Waals surface area contributed by atoms with Crippen molar-refractivity contribution in [2.75, 3.05) is 5.73 Å². The molecule has 0 aromatic heterocycles. The lowest BCUT2D eigenvalue weighted by Crippen LogP contribution is -2.19. The Morgan fingerprint density at radius 3 is 2.93 bits per heavy atom. The van der Waals surface area contributed by atoms with E-state index in [0.717, 1.165) is 22.1 Å². The van der Waals surface area contributed by atoms with Crippen molar-refractivity contribution in [1.29, 1.82) is 0 Å². The van der Waals surface area contributed by atoms with Crippen LogP contribution < -0.4 is 11.1 Å². The van der Waals surface area contributed by atoms with Gasteiger partial charge in [-0.15, -0.1) is 0 Å². The summed E-state index contributed by atoms with van der Waals surface area (Å²) in [7, 11) is 0. The van der Waals surface area contributed by atoms with Gasteiger partial charge in [0.15, 0.2) is 0 Å². The molecule has 1 unspecified atom stereocenters. The highest BCUT2D eigenvalue weighted by Crippen LogP contribution is 2.30. The van der Waals surface area contributed by atoms with Crippen LogP contribution in [0, 0.1) is 0 Å². The molecule has 1 saturated heterocycles. The van der Waals surface area contributed by atoms with Crippen molar-refractivity contribution >= 4 is 27.5 Å². The van der Waals surface area contributed by atoms with Gasteiger partial charge >= 0.3 is 0 Å². The van der Waals surface area contributed by atoms with E-state index in [1.165, 1.54) is 0 Å². The van der Waals surface area contributed by atoms with Gasteiger partial charge in [-0.2, -0.15) is 0 Å². The van der Waals surface area contributed by atoms with Crippen molar-refractivity contribution in [3.63, 3.8) is 0 Å². The smallest absolute Gasteiger partial charge is 0.220 e. The lowest BCUT2D eigenvalue weighted by atomic mass is 10.0. The van der Waals surface area contributed by atoms with Crippen LogP contribution in [0.3, 0.4) is 0 Å². The van der Waals surface area contributed by atoms with Crippen molar-refractivity contribution in [1.82, 2.24) is 5.32 Å². The molecule has 14 heavy (non-hydrogen) atoms. The average Bonchev–Trinajstić information content (AvgIpc) is 2.56. The molecule has 0 aliphatic carbocycles. The molecule has 0 saturated carbocycles. The van der Waals surface area contributed by atoms with Gasteiger partial charge in [-0.3, -0.25) is 4.79 Å². The van der Waals surface area contributed by atoms with Crippen LogP contribution >= 0.6 is 15.9 Å². The zero-order valence-electron chi connectivity index (χ0n) is 7.59. The molecular weight excluding hydrogens is 244 g/mol. The molecule has 1 aromatic carbocycles. The Morgan fingerprint density at radius 1 is 1.50 bits per heavy atom. The molecule has 1 atom stereocenters. The maximum absolute atomic E-state index is 11.1. The minimum absolute atomic E-state index is 0.0833. The number of benzene rings is 1. The second-order valence-corrected chi connectivity index (χ2v) is 4.35. The number of hydrogen-bond acceptors (Lipinski definition) is 2. The summed E-state index contributed by atoms with van der Waals surface area (Å²) in [5.41, 5.74) is 7.58. The van der Waals surface area contributed by atoms with Crippen LogP contribution in [0.5, 0.6) is 0 Å². The second-order valence-electron chi connectivity index (χ2n) is 3.43. The Morgan fingerprint density at radius 2 is 2.29 bits per heavy atom. The SMILES string of the molecule is Nc1ccc(Br)cc1C1CCC(=O)N1. The highest BCUT2D eigenvalue weighted by Gasteiger charge is 2.23. The molecule has 2 rings (SSSR count). The molecule has 1 aliphatic rings. The Bertz CT molecular complexity index is 378. The number of amides is 1. The minimum atomic E-state index is 0.0833. The zero-order chi connectivity index (χ0) is 10.1. The average molecular weight is 255 g/mol. The first kappa shape index (κ1) is 9.52. The van der Waals surface area contributed by atoms with E-state index in [4.69, 9.17) is 5.73 Å². The third kappa shape index (κ3) is 1.75. The largest absolute Gasteiger partial charge is 0.398 e.